The Bertz CT molecular complexity index is 191. The van der Waals surface area contributed by atoms with E-state index >= 15 is 0 Å². The van der Waals surface area contributed by atoms with Gasteiger partial charge in [-0.05, 0) is 39.5 Å². The van der Waals surface area contributed by atoms with Gasteiger partial charge in [0.1, 0.15) is 0 Å². The average Bonchev–Trinajstić information content (AvgIpc) is 2.23. The predicted octanol–water partition coefficient (Wildman–Crippen LogP) is 4.08. The zero-order valence-electron chi connectivity index (χ0n) is 13.0. The Balaban J connectivity index is 4.49. The highest BCUT2D eigenvalue weighted by Gasteiger charge is 2.41. The molecule has 0 aliphatic rings. The molecule has 0 amide bonds. The number of hydrogen-bond acceptors (Lipinski definition) is 3. The first-order valence-corrected chi connectivity index (χ1v) is 13.8. The van der Waals surface area contributed by atoms with Crippen LogP contribution >= 0.6 is 0 Å². The second-order valence-corrected chi connectivity index (χ2v) is 12.4. The van der Waals surface area contributed by atoms with Crippen LogP contribution in [0.25, 0.3) is 0 Å². The van der Waals surface area contributed by atoms with Crippen LogP contribution in [0.4, 0.5) is 0 Å². The van der Waals surface area contributed by atoms with Gasteiger partial charge in [-0.25, -0.2) is 0 Å². The second kappa shape index (κ2) is 10.3. The molecule has 18 heavy (non-hydrogen) atoms. The molecule has 0 fully saturated rings. The van der Waals surface area contributed by atoms with E-state index in [1.54, 1.807) is 0 Å². The molecule has 2 radical (unpaired) electrons. The minimum absolute atomic E-state index is 0.699. The maximum absolute atomic E-state index is 6.19. The van der Waals surface area contributed by atoms with Crippen LogP contribution in [-0.4, -0.2) is 33.5 Å². The minimum Gasteiger partial charge on any atom is -0.416 e. The summed E-state index contributed by atoms with van der Waals surface area (Å²) in [5.74, 6) is 0. The number of rotatable bonds is 11. The first-order valence-electron chi connectivity index (χ1n) is 7.08. The highest BCUT2D eigenvalue weighted by atomic mass is 28.5. The fourth-order valence-corrected chi connectivity index (χ4v) is 9.94. The van der Waals surface area contributed by atoms with Crippen LogP contribution in [0.1, 0.15) is 39.5 Å². The standard InChI is InChI=1S/C12H30O3Si3/c1-7-9-10-11-12-18(13-8-2,14-16(3)4)15-17(5)6/h7-12H2,1-6H3. The summed E-state index contributed by atoms with van der Waals surface area (Å²) in [5.41, 5.74) is 0. The summed E-state index contributed by atoms with van der Waals surface area (Å²) in [4.78, 5) is 0. The van der Waals surface area contributed by atoms with Crippen molar-refractivity contribution < 1.29 is 12.7 Å². The van der Waals surface area contributed by atoms with Crippen LogP contribution in [0.5, 0.6) is 0 Å². The fraction of sp³-hybridized carbons (Fsp3) is 1.00. The van der Waals surface area contributed by atoms with Gasteiger partial charge in [0.25, 0.3) is 0 Å². The molecule has 0 rings (SSSR count). The van der Waals surface area contributed by atoms with Crippen molar-refractivity contribution in [1.82, 2.24) is 0 Å². The van der Waals surface area contributed by atoms with E-state index < -0.39 is 26.9 Å². The van der Waals surface area contributed by atoms with Gasteiger partial charge in [-0.2, -0.15) is 0 Å². The molecule has 0 aliphatic heterocycles. The minimum atomic E-state index is -2.38. The van der Waals surface area contributed by atoms with E-state index in [-0.39, 0.29) is 0 Å². The van der Waals surface area contributed by atoms with Gasteiger partial charge in [0.15, 0.2) is 18.1 Å². The topological polar surface area (TPSA) is 27.7 Å². The predicted molar refractivity (Wildman–Crippen MR) is 83.5 cm³/mol. The lowest BCUT2D eigenvalue weighted by Crippen LogP contribution is -2.51. The highest BCUT2D eigenvalue weighted by Crippen LogP contribution is 2.22. The molecule has 0 aromatic carbocycles. The van der Waals surface area contributed by atoms with Crippen molar-refractivity contribution in [2.75, 3.05) is 6.61 Å². The molecule has 0 unspecified atom stereocenters. The molecular formula is C12H30O3Si3. The van der Waals surface area contributed by atoms with Gasteiger partial charge in [-0.15, -0.1) is 0 Å². The van der Waals surface area contributed by atoms with E-state index in [2.05, 4.69) is 33.1 Å². The SMILES string of the molecule is CCCCCC[Si](OCC)(O[Si](C)C)O[Si](C)C. The smallest absolute Gasteiger partial charge is 0.416 e. The molecule has 0 aliphatic carbocycles. The summed E-state index contributed by atoms with van der Waals surface area (Å²) in [6.45, 7) is 13.6. The molecule has 6 heteroatoms. The van der Waals surface area contributed by atoms with Gasteiger partial charge < -0.3 is 12.7 Å². The lowest BCUT2D eigenvalue weighted by Gasteiger charge is -2.32. The third-order valence-electron chi connectivity index (χ3n) is 2.42. The van der Waals surface area contributed by atoms with E-state index in [1.165, 1.54) is 25.7 Å². The Morgan fingerprint density at radius 3 is 1.78 bits per heavy atom. The monoisotopic (exact) mass is 306 g/mol. The van der Waals surface area contributed by atoms with Gasteiger partial charge in [-0.1, -0.05) is 26.2 Å². The van der Waals surface area contributed by atoms with Gasteiger partial charge in [0.05, 0.1) is 0 Å². The summed E-state index contributed by atoms with van der Waals surface area (Å²) in [7, 11) is -3.92. The molecule has 108 valence electrons. The number of unbranched alkanes of at least 4 members (excludes halogenated alkanes) is 3. The average molecular weight is 307 g/mol. The Morgan fingerprint density at radius 2 is 1.39 bits per heavy atom. The Hall–Kier alpha value is 0.531. The van der Waals surface area contributed by atoms with Gasteiger partial charge >= 0.3 is 8.80 Å². The van der Waals surface area contributed by atoms with Crippen LogP contribution < -0.4 is 0 Å². The molecule has 3 nitrogen and oxygen atoms in total. The van der Waals surface area contributed by atoms with Crippen LogP contribution in [0, 0.1) is 0 Å². The molecule has 0 bridgehead atoms. The molecule has 0 saturated heterocycles. The second-order valence-electron chi connectivity index (χ2n) is 4.95. The van der Waals surface area contributed by atoms with Gasteiger partial charge in [0.2, 0.25) is 0 Å². The largest absolute Gasteiger partial charge is 0.479 e. The first-order chi connectivity index (χ1) is 8.45. The Kier molecular flexibility index (Phi) is 10.6. The third kappa shape index (κ3) is 8.60. The molecule has 0 aromatic heterocycles. The summed E-state index contributed by atoms with van der Waals surface area (Å²) in [6, 6.07) is 0.993. The van der Waals surface area contributed by atoms with Crippen molar-refractivity contribution in [2.45, 2.75) is 71.8 Å². The summed E-state index contributed by atoms with van der Waals surface area (Å²) in [5, 5.41) is 0. The zero-order valence-corrected chi connectivity index (χ0v) is 16.0. The fourth-order valence-electron chi connectivity index (χ4n) is 1.86. The van der Waals surface area contributed by atoms with Crippen LogP contribution in [0.15, 0.2) is 0 Å². The molecule has 0 aromatic rings. The first kappa shape index (κ1) is 18.5. The van der Waals surface area contributed by atoms with E-state index in [4.69, 9.17) is 12.7 Å². The van der Waals surface area contributed by atoms with Gasteiger partial charge in [0, 0.05) is 12.7 Å². The van der Waals surface area contributed by atoms with Crippen molar-refractivity contribution in [2.24, 2.45) is 0 Å². The van der Waals surface area contributed by atoms with E-state index in [0.29, 0.717) is 6.61 Å². The van der Waals surface area contributed by atoms with Crippen molar-refractivity contribution in [1.29, 1.82) is 0 Å². The van der Waals surface area contributed by atoms with Crippen molar-refractivity contribution in [3.8, 4) is 0 Å². The van der Waals surface area contributed by atoms with Crippen LogP contribution in [0.2, 0.25) is 32.2 Å². The maximum Gasteiger partial charge on any atom is 0.479 e. The number of hydrogen-bond donors (Lipinski definition) is 0. The van der Waals surface area contributed by atoms with Crippen molar-refractivity contribution >= 4 is 26.9 Å². The molecule has 0 atom stereocenters. The molecule has 0 N–H and O–H groups in total. The zero-order chi connectivity index (χ0) is 14.0. The molecule has 0 spiro atoms. The summed E-state index contributed by atoms with van der Waals surface area (Å²) < 4.78 is 18.4. The Morgan fingerprint density at radius 1 is 0.833 bits per heavy atom. The van der Waals surface area contributed by atoms with Crippen LogP contribution in [0.3, 0.4) is 0 Å². The third-order valence-corrected chi connectivity index (χ3v) is 9.87. The lowest BCUT2D eigenvalue weighted by molar-refractivity contribution is 0.174. The Labute approximate surface area is 118 Å². The van der Waals surface area contributed by atoms with E-state index in [1.807, 2.05) is 6.92 Å². The quantitative estimate of drug-likeness (QED) is 0.425. The molecule has 0 saturated carbocycles. The van der Waals surface area contributed by atoms with E-state index in [9.17, 15) is 0 Å². The molecule has 0 heterocycles. The van der Waals surface area contributed by atoms with Gasteiger partial charge in [-0.3, -0.25) is 0 Å². The molecular weight excluding hydrogens is 276 g/mol. The van der Waals surface area contributed by atoms with Crippen molar-refractivity contribution in [3.05, 3.63) is 0 Å². The maximum atomic E-state index is 6.19. The lowest BCUT2D eigenvalue weighted by atomic mass is 10.2. The summed E-state index contributed by atoms with van der Waals surface area (Å²) in [6.07, 6.45) is 4.99. The summed E-state index contributed by atoms with van der Waals surface area (Å²) >= 11 is 0. The highest BCUT2D eigenvalue weighted by molar-refractivity contribution is 6.75. The normalized spacial score (nSPS) is 12.7. The van der Waals surface area contributed by atoms with Crippen molar-refractivity contribution in [3.63, 3.8) is 0 Å². The van der Waals surface area contributed by atoms with E-state index in [0.717, 1.165) is 6.04 Å². The van der Waals surface area contributed by atoms with Crippen LogP contribution in [-0.2, 0) is 12.7 Å².